The second-order valence-corrected chi connectivity index (χ2v) is 8.75. The molecule has 2 amide bonds. The third kappa shape index (κ3) is 7.58. The van der Waals surface area contributed by atoms with Gasteiger partial charge in [-0.2, -0.15) is 0 Å². The fraction of sp³-hybridized carbons (Fsp3) is 0.333. The van der Waals surface area contributed by atoms with Crippen molar-refractivity contribution in [3.8, 4) is 17.2 Å². The molecule has 0 fully saturated rings. The van der Waals surface area contributed by atoms with Crippen LogP contribution in [0.5, 0.6) is 17.2 Å². The monoisotopic (exact) mass is 450 g/mol. The molecule has 0 aromatic heterocycles. The first-order valence-electron chi connectivity index (χ1n) is 9.50. The van der Waals surface area contributed by atoms with Crippen molar-refractivity contribution in [1.29, 1.82) is 0 Å². The number of amides is 2. The zero-order valence-electron chi connectivity index (χ0n) is 17.8. The summed E-state index contributed by atoms with van der Waals surface area (Å²) in [5.74, 6) is -0.496. The van der Waals surface area contributed by atoms with Crippen LogP contribution in [0.1, 0.15) is 13.8 Å². The molecular weight excluding hydrogens is 424 g/mol. The molecule has 0 saturated carbocycles. The van der Waals surface area contributed by atoms with Gasteiger partial charge in [0, 0.05) is 43.8 Å². The smallest absolute Gasteiger partial charge is 0.313 e. The Morgan fingerprint density at radius 3 is 2.23 bits per heavy atom. The normalized spacial score (nSPS) is 12.0. The van der Waals surface area contributed by atoms with E-state index in [4.69, 9.17) is 14.2 Å². The molecule has 0 saturated heterocycles. The van der Waals surface area contributed by atoms with E-state index in [0.29, 0.717) is 36.1 Å². The lowest BCUT2D eigenvalue weighted by Crippen LogP contribution is -2.35. The highest BCUT2D eigenvalue weighted by atomic mass is 32.2. The predicted molar refractivity (Wildman–Crippen MR) is 115 cm³/mol. The fourth-order valence-corrected chi connectivity index (χ4v) is 3.22. The quantitative estimate of drug-likeness (QED) is 0.563. The summed E-state index contributed by atoms with van der Waals surface area (Å²) in [6.45, 7) is 4.19. The molecule has 0 aliphatic rings. The molecule has 10 heteroatoms. The Balaban J connectivity index is 2.29. The van der Waals surface area contributed by atoms with E-state index >= 15 is 0 Å². The van der Waals surface area contributed by atoms with Gasteiger partial charge in [0.1, 0.15) is 23.4 Å². The maximum Gasteiger partial charge on any atom is 0.313 e. The number of hydrogen-bond acceptors (Lipinski definition) is 7. The summed E-state index contributed by atoms with van der Waals surface area (Å²) >= 11 is 0. The van der Waals surface area contributed by atoms with Gasteiger partial charge in [-0.05, 0) is 38.1 Å². The number of benzene rings is 2. The van der Waals surface area contributed by atoms with Crippen LogP contribution in [-0.2, 0) is 24.2 Å². The van der Waals surface area contributed by atoms with Gasteiger partial charge in [0.25, 0.3) is 0 Å². The summed E-state index contributed by atoms with van der Waals surface area (Å²) in [5.41, 5.74) is 0.293. The van der Waals surface area contributed by atoms with Gasteiger partial charge in [-0.25, -0.2) is 8.42 Å². The molecule has 0 aliphatic carbocycles. The van der Waals surface area contributed by atoms with Gasteiger partial charge in [0.2, 0.25) is 0 Å². The molecule has 9 nitrogen and oxygen atoms in total. The van der Waals surface area contributed by atoms with Crippen LogP contribution in [0.15, 0.2) is 47.4 Å². The van der Waals surface area contributed by atoms with Crippen molar-refractivity contribution in [3.05, 3.63) is 42.5 Å². The molecule has 168 valence electrons. The van der Waals surface area contributed by atoms with Gasteiger partial charge in [0.05, 0.1) is 11.5 Å². The summed E-state index contributed by atoms with van der Waals surface area (Å²) in [4.78, 5) is 24.0. The van der Waals surface area contributed by atoms with Crippen molar-refractivity contribution in [1.82, 2.24) is 5.32 Å². The van der Waals surface area contributed by atoms with Crippen LogP contribution in [-0.4, -0.2) is 52.9 Å². The molecule has 2 aromatic rings. The minimum atomic E-state index is -3.32. The van der Waals surface area contributed by atoms with E-state index in [1.807, 2.05) is 6.92 Å². The van der Waals surface area contributed by atoms with Crippen molar-refractivity contribution in [2.45, 2.75) is 24.8 Å². The molecule has 2 rings (SSSR count). The Labute approximate surface area is 181 Å². The molecule has 2 aromatic carbocycles. The topological polar surface area (TPSA) is 120 Å². The van der Waals surface area contributed by atoms with E-state index in [-0.39, 0.29) is 11.0 Å². The van der Waals surface area contributed by atoms with Crippen molar-refractivity contribution in [3.63, 3.8) is 0 Å². The van der Waals surface area contributed by atoms with Gasteiger partial charge in [-0.1, -0.05) is 0 Å². The summed E-state index contributed by atoms with van der Waals surface area (Å²) in [7, 11) is -1.77. The largest absolute Gasteiger partial charge is 0.488 e. The van der Waals surface area contributed by atoms with Crippen LogP contribution in [0, 0.1) is 0 Å². The highest BCUT2D eigenvalue weighted by Crippen LogP contribution is 2.31. The molecule has 1 atom stereocenters. The zero-order valence-corrected chi connectivity index (χ0v) is 18.6. The number of carbonyl (C=O) groups excluding carboxylic acids is 2. The first-order chi connectivity index (χ1) is 14.6. The minimum Gasteiger partial charge on any atom is -0.488 e. The minimum absolute atomic E-state index is 0.167. The molecule has 31 heavy (non-hydrogen) atoms. The average molecular weight is 451 g/mol. The highest BCUT2D eigenvalue weighted by Gasteiger charge is 2.15. The Kier molecular flexibility index (Phi) is 8.40. The summed E-state index contributed by atoms with van der Waals surface area (Å²) in [6, 6.07) is 10.6. The summed E-state index contributed by atoms with van der Waals surface area (Å²) in [6.07, 6.45) is 0.843. The van der Waals surface area contributed by atoms with E-state index in [1.165, 1.54) is 30.3 Å². The average Bonchev–Trinajstić information content (AvgIpc) is 2.67. The maximum atomic E-state index is 12.1. The molecule has 0 radical (unpaired) electrons. The second-order valence-electron chi connectivity index (χ2n) is 6.74. The number of sulfone groups is 1. The van der Waals surface area contributed by atoms with Gasteiger partial charge in [0.15, 0.2) is 9.84 Å². The molecule has 0 aliphatic heterocycles. The van der Waals surface area contributed by atoms with Crippen molar-refractivity contribution < 1.29 is 32.2 Å². The first kappa shape index (κ1) is 24.2. The number of anilines is 1. The van der Waals surface area contributed by atoms with Crippen LogP contribution >= 0.6 is 0 Å². The molecule has 2 N–H and O–H groups in total. The van der Waals surface area contributed by atoms with Gasteiger partial charge >= 0.3 is 11.8 Å². The van der Waals surface area contributed by atoms with Crippen LogP contribution < -0.4 is 20.1 Å². The lowest BCUT2D eigenvalue weighted by Gasteiger charge is -2.16. The SMILES string of the molecule is CCNC(=O)C(=O)Nc1cc(Oc2ccc(S(C)(=O)=O)cc2)cc(O[C@@H](C)COC)c1. The molecule has 0 heterocycles. The third-order valence-corrected chi connectivity index (χ3v) is 5.04. The lowest BCUT2D eigenvalue weighted by atomic mass is 10.2. The van der Waals surface area contributed by atoms with E-state index in [9.17, 15) is 18.0 Å². The number of ether oxygens (including phenoxy) is 3. The van der Waals surface area contributed by atoms with Crippen molar-refractivity contribution in [2.75, 3.05) is 31.8 Å². The number of rotatable bonds is 9. The molecule has 0 bridgehead atoms. The van der Waals surface area contributed by atoms with Gasteiger partial charge < -0.3 is 24.8 Å². The van der Waals surface area contributed by atoms with Crippen LogP contribution in [0.2, 0.25) is 0 Å². The second kappa shape index (κ2) is 10.8. The Hall–Kier alpha value is -3.11. The van der Waals surface area contributed by atoms with E-state index in [1.54, 1.807) is 26.2 Å². The zero-order chi connectivity index (χ0) is 23.0. The maximum absolute atomic E-state index is 12.1. The predicted octanol–water partition coefficient (Wildman–Crippen LogP) is 2.37. The standard InChI is InChI=1S/C21H26N2O7S/c1-5-22-20(24)21(25)23-15-10-17(29-14(2)13-28-3)12-18(11-15)30-16-6-8-19(9-7-16)31(4,26)27/h6-12,14H,5,13H2,1-4H3,(H,22,24)(H,23,25)/t14-/m0/s1. The van der Waals surface area contributed by atoms with E-state index < -0.39 is 21.7 Å². The Morgan fingerprint density at radius 2 is 1.65 bits per heavy atom. The lowest BCUT2D eigenvalue weighted by molar-refractivity contribution is -0.136. The van der Waals surface area contributed by atoms with Gasteiger partial charge in [-0.15, -0.1) is 0 Å². The first-order valence-corrected chi connectivity index (χ1v) is 11.4. The van der Waals surface area contributed by atoms with Crippen molar-refractivity contribution in [2.24, 2.45) is 0 Å². The summed E-state index contributed by atoms with van der Waals surface area (Å²) < 4.78 is 39.9. The third-order valence-electron chi connectivity index (χ3n) is 3.91. The number of likely N-dealkylation sites (N-methyl/N-ethyl adjacent to an activating group) is 1. The van der Waals surface area contributed by atoms with Crippen LogP contribution in [0.25, 0.3) is 0 Å². The molecule has 0 spiro atoms. The van der Waals surface area contributed by atoms with Crippen molar-refractivity contribution >= 4 is 27.3 Å². The highest BCUT2D eigenvalue weighted by molar-refractivity contribution is 7.90. The fourth-order valence-electron chi connectivity index (χ4n) is 2.59. The Bertz CT molecular complexity index is 1020. The van der Waals surface area contributed by atoms with Crippen LogP contribution in [0.4, 0.5) is 5.69 Å². The number of methoxy groups -OCH3 is 1. The number of hydrogen-bond donors (Lipinski definition) is 2. The number of carbonyl (C=O) groups is 2. The van der Waals surface area contributed by atoms with Crippen LogP contribution in [0.3, 0.4) is 0 Å². The summed E-state index contributed by atoms with van der Waals surface area (Å²) in [5, 5.41) is 4.93. The number of nitrogens with one attached hydrogen (secondary N) is 2. The van der Waals surface area contributed by atoms with E-state index in [0.717, 1.165) is 6.26 Å². The van der Waals surface area contributed by atoms with Gasteiger partial charge in [-0.3, -0.25) is 9.59 Å². The molecular formula is C21H26N2O7S. The molecule has 0 unspecified atom stereocenters. The van der Waals surface area contributed by atoms with E-state index in [2.05, 4.69) is 10.6 Å². The Morgan fingerprint density at radius 1 is 1.00 bits per heavy atom.